The number of benzene rings is 2. The van der Waals surface area contributed by atoms with Gasteiger partial charge < -0.3 is 9.84 Å². The van der Waals surface area contributed by atoms with E-state index >= 15 is 0 Å². The van der Waals surface area contributed by atoms with Crippen LogP contribution in [-0.2, 0) is 6.61 Å². The zero-order valence-corrected chi connectivity index (χ0v) is 13.6. The molecule has 0 aromatic heterocycles. The number of aliphatic hydroxyl groups excluding tert-OH is 1. The van der Waals surface area contributed by atoms with E-state index in [1.165, 1.54) is 0 Å². The number of hydrogen-bond acceptors (Lipinski definition) is 3. The minimum absolute atomic E-state index is 0.0128. The van der Waals surface area contributed by atoms with Crippen LogP contribution in [0.2, 0.25) is 0 Å². The molecule has 1 aliphatic rings. The molecule has 1 heterocycles. The molecule has 22 heavy (non-hydrogen) atoms. The number of carbonyl (C=O) groups is 1. The molecule has 2 aromatic rings. The number of ketones is 1. The van der Waals surface area contributed by atoms with Gasteiger partial charge in [-0.1, -0.05) is 32.0 Å². The van der Waals surface area contributed by atoms with Crippen LogP contribution in [0.5, 0.6) is 5.75 Å². The van der Waals surface area contributed by atoms with Gasteiger partial charge in [-0.3, -0.25) is 4.79 Å². The maximum atomic E-state index is 11.9. The van der Waals surface area contributed by atoms with Crippen molar-refractivity contribution in [2.45, 2.75) is 34.3 Å². The Morgan fingerprint density at radius 2 is 1.86 bits per heavy atom. The van der Waals surface area contributed by atoms with E-state index in [1.54, 1.807) is 0 Å². The van der Waals surface area contributed by atoms with Gasteiger partial charge in [0.25, 0.3) is 0 Å². The van der Waals surface area contributed by atoms with Crippen LogP contribution in [0.25, 0.3) is 11.1 Å². The van der Waals surface area contributed by atoms with Gasteiger partial charge in [-0.2, -0.15) is 0 Å². The van der Waals surface area contributed by atoms with Gasteiger partial charge in [0, 0.05) is 0 Å². The van der Waals surface area contributed by atoms with Gasteiger partial charge in [0.2, 0.25) is 5.78 Å². The number of carbonyl (C=O) groups excluding carboxylic acids is 1. The van der Waals surface area contributed by atoms with Crippen LogP contribution in [0, 0.1) is 13.8 Å². The first-order valence-corrected chi connectivity index (χ1v) is 7.62. The molecule has 0 radical (unpaired) electrons. The largest absolute Gasteiger partial charge is 0.485 e. The summed E-state index contributed by atoms with van der Waals surface area (Å²) in [7, 11) is 0. The highest BCUT2D eigenvalue weighted by atomic mass is 16.5. The summed E-state index contributed by atoms with van der Waals surface area (Å²) in [5.74, 6) is 0.726. The van der Waals surface area contributed by atoms with Crippen LogP contribution in [0.15, 0.2) is 30.3 Å². The van der Waals surface area contributed by atoms with E-state index in [1.807, 2.05) is 58.0 Å². The Kier molecular flexibility index (Phi) is 4.99. The average molecular weight is 298 g/mol. The van der Waals surface area contributed by atoms with Gasteiger partial charge in [-0.15, -0.1) is 0 Å². The zero-order valence-electron chi connectivity index (χ0n) is 13.6. The standard InChI is InChI=1S/C17H16O3.C2H6/c1-10-6-15-17(14(19)9-20-15)11(2)16(10)13-5-3-4-12(7-13)8-18;1-2/h3-7,18H,8-9H2,1-2H3;1-2H3. The molecule has 2 aromatic carbocycles. The highest BCUT2D eigenvalue weighted by Crippen LogP contribution is 2.37. The van der Waals surface area contributed by atoms with Gasteiger partial charge in [-0.25, -0.2) is 0 Å². The lowest BCUT2D eigenvalue weighted by Gasteiger charge is -2.14. The Balaban J connectivity index is 0.000000847. The van der Waals surface area contributed by atoms with Crippen LogP contribution in [-0.4, -0.2) is 17.5 Å². The minimum Gasteiger partial charge on any atom is -0.485 e. The second-order valence-electron chi connectivity index (χ2n) is 5.14. The van der Waals surface area contributed by atoms with Crippen molar-refractivity contribution in [3.05, 3.63) is 52.6 Å². The van der Waals surface area contributed by atoms with Crippen LogP contribution >= 0.6 is 0 Å². The number of fused-ring (bicyclic) bond motifs is 1. The number of hydrogen-bond donors (Lipinski definition) is 1. The molecule has 1 aliphatic heterocycles. The maximum Gasteiger partial charge on any atom is 0.204 e. The van der Waals surface area contributed by atoms with Crippen molar-refractivity contribution in [2.75, 3.05) is 6.61 Å². The molecule has 0 spiro atoms. The summed E-state index contributed by atoms with van der Waals surface area (Å²) >= 11 is 0. The van der Waals surface area contributed by atoms with Crippen molar-refractivity contribution in [1.29, 1.82) is 0 Å². The van der Waals surface area contributed by atoms with E-state index in [9.17, 15) is 9.90 Å². The number of aliphatic hydroxyl groups is 1. The Hall–Kier alpha value is -2.13. The highest BCUT2D eigenvalue weighted by molar-refractivity contribution is 6.05. The third-order valence-corrected chi connectivity index (χ3v) is 3.77. The normalized spacial score (nSPS) is 12.3. The van der Waals surface area contributed by atoms with Crippen molar-refractivity contribution in [3.63, 3.8) is 0 Å². The second-order valence-corrected chi connectivity index (χ2v) is 5.14. The first kappa shape index (κ1) is 16.2. The predicted molar refractivity (Wildman–Crippen MR) is 88.4 cm³/mol. The number of ether oxygens (including phenoxy) is 1. The average Bonchev–Trinajstić information content (AvgIpc) is 2.90. The van der Waals surface area contributed by atoms with Crippen LogP contribution in [0.3, 0.4) is 0 Å². The Morgan fingerprint density at radius 1 is 1.14 bits per heavy atom. The number of aryl methyl sites for hydroxylation is 1. The molecule has 0 atom stereocenters. The predicted octanol–water partition coefficient (Wildman–Crippen LogP) is 4.06. The van der Waals surface area contributed by atoms with Crippen molar-refractivity contribution in [3.8, 4) is 16.9 Å². The lowest BCUT2D eigenvalue weighted by atomic mass is 9.90. The van der Waals surface area contributed by atoms with Gasteiger partial charge in [0.1, 0.15) is 5.75 Å². The summed E-state index contributed by atoms with van der Waals surface area (Å²) in [6.45, 7) is 8.12. The van der Waals surface area contributed by atoms with Crippen LogP contribution in [0.1, 0.15) is 40.9 Å². The summed E-state index contributed by atoms with van der Waals surface area (Å²) in [6.07, 6.45) is 0. The molecule has 0 saturated carbocycles. The first-order valence-electron chi connectivity index (χ1n) is 7.62. The third kappa shape index (κ3) is 2.77. The van der Waals surface area contributed by atoms with Gasteiger partial charge in [0.15, 0.2) is 6.61 Å². The molecule has 0 aliphatic carbocycles. The van der Waals surface area contributed by atoms with E-state index in [4.69, 9.17) is 4.74 Å². The fraction of sp³-hybridized carbons (Fsp3) is 0.316. The van der Waals surface area contributed by atoms with E-state index in [-0.39, 0.29) is 19.0 Å². The van der Waals surface area contributed by atoms with E-state index < -0.39 is 0 Å². The second kappa shape index (κ2) is 6.75. The van der Waals surface area contributed by atoms with Gasteiger partial charge in [0.05, 0.1) is 12.2 Å². The molecular weight excluding hydrogens is 276 g/mol. The van der Waals surface area contributed by atoms with Crippen molar-refractivity contribution in [2.24, 2.45) is 0 Å². The fourth-order valence-electron chi connectivity index (χ4n) is 2.89. The molecule has 3 rings (SSSR count). The SMILES string of the molecule is CC.Cc1cc2c(c(C)c1-c1cccc(CO)c1)C(=O)CO2. The van der Waals surface area contributed by atoms with Gasteiger partial charge >= 0.3 is 0 Å². The van der Waals surface area contributed by atoms with Gasteiger partial charge in [-0.05, 0) is 53.8 Å². The Labute approximate surface area is 131 Å². The van der Waals surface area contributed by atoms with Crippen molar-refractivity contribution < 1.29 is 14.6 Å². The maximum absolute atomic E-state index is 11.9. The lowest BCUT2D eigenvalue weighted by Crippen LogP contribution is -2.02. The molecule has 0 saturated heterocycles. The molecule has 3 nitrogen and oxygen atoms in total. The minimum atomic E-state index is 0.0128. The molecule has 1 N–H and O–H groups in total. The molecule has 0 bridgehead atoms. The number of Topliss-reactive ketones (excluding diaryl/α,β-unsaturated/α-hetero) is 1. The first-order chi connectivity index (χ1) is 10.6. The summed E-state index contributed by atoms with van der Waals surface area (Å²) in [6, 6.07) is 9.69. The summed E-state index contributed by atoms with van der Waals surface area (Å²) in [5, 5.41) is 9.27. The summed E-state index contributed by atoms with van der Waals surface area (Å²) < 4.78 is 5.42. The molecule has 0 unspecified atom stereocenters. The fourth-order valence-corrected chi connectivity index (χ4v) is 2.89. The lowest BCUT2D eigenvalue weighted by molar-refractivity contribution is 0.0961. The molecular formula is C19H22O3. The van der Waals surface area contributed by atoms with E-state index in [0.29, 0.717) is 11.3 Å². The van der Waals surface area contributed by atoms with Crippen LogP contribution < -0.4 is 4.74 Å². The molecule has 116 valence electrons. The van der Waals surface area contributed by atoms with Crippen LogP contribution in [0.4, 0.5) is 0 Å². The van der Waals surface area contributed by atoms with E-state index in [0.717, 1.165) is 27.8 Å². The summed E-state index contributed by atoms with van der Waals surface area (Å²) in [5.41, 5.74) is 5.67. The Morgan fingerprint density at radius 3 is 2.55 bits per heavy atom. The molecule has 3 heteroatoms. The quantitative estimate of drug-likeness (QED) is 0.909. The Bertz CT molecular complexity index is 702. The molecule has 0 fully saturated rings. The highest BCUT2D eigenvalue weighted by Gasteiger charge is 2.26. The topological polar surface area (TPSA) is 46.5 Å². The summed E-state index contributed by atoms with van der Waals surface area (Å²) in [4.78, 5) is 11.9. The van der Waals surface area contributed by atoms with Crippen molar-refractivity contribution in [1.82, 2.24) is 0 Å². The third-order valence-electron chi connectivity index (χ3n) is 3.77. The smallest absolute Gasteiger partial charge is 0.204 e. The number of rotatable bonds is 2. The molecule has 0 amide bonds. The van der Waals surface area contributed by atoms with Crippen molar-refractivity contribution >= 4 is 5.78 Å². The monoisotopic (exact) mass is 298 g/mol. The van der Waals surface area contributed by atoms with E-state index in [2.05, 4.69) is 0 Å². The zero-order chi connectivity index (χ0) is 16.3.